The van der Waals surface area contributed by atoms with E-state index in [1.54, 1.807) is 29.1 Å². The number of ether oxygens (including phenoxy) is 2. The Hall–Kier alpha value is -3.88. The van der Waals surface area contributed by atoms with E-state index in [4.69, 9.17) is 4.74 Å². The van der Waals surface area contributed by atoms with Gasteiger partial charge >= 0.3 is 6.61 Å². The Morgan fingerprint density at radius 2 is 1.94 bits per heavy atom. The van der Waals surface area contributed by atoms with Gasteiger partial charge in [-0.25, -0.2) is 4.68 Å². The highest BCUT2D eigenvalue weighted by molar-refractivity contribution is 6.01. The summed E-state index contributed by atoms with van der Waals surface area (Å²) in [6, 6.07) is 14.3. The van der Waals surface area contributed by atoms with E-state index in [1.807, 2.05) is 43.3 Å². The second-order valence-corrected chi connectivity index (χ2v) is 7.01. The molecule has 0 spiro atoms. The third kappa shape index (κ3) is 5.84. The molecule has 0 aliphatic carbocycles. The van der Waals surface area contributed by atoms with Gasteiger partial charge in [-0.05, 0) is 29.8 Å². The molecule has 0 radical (unpaired) electrons. The van der Waals surface area contributed by atoms with E-state index in [1.165, 1.54) is 25.3 Å². The molecule has 7 nitrogen and oxygen atoms in total. The summed E-state index contributed by atoms with van der Waals surface area (Å²) >= 11 is 0. The molecule has 0 unspecified atom stereocenters. The Morgan fingerprint density at radius 1 is 1.19 bits per heavy atom. The van der Waals surface area contributed by atoms with Gasteiger partial charge in [-0.3, -0.25) is 4.79 Å². The average Bonchev–Trinajstić information content (AvgIpc) is 3.19. The second kappa shape index (κ2) is 10.4. The lowest BCUT2D eigenvalue weighted by atomic mass is 10.1. The van der Waals surface area contributed by atoms with Crippen LogP contribution in [0.3, 0.4) is 0 Å². The van der Waals surface area contributed by atoms with Crippen molar-refractivity contribution in [1.82, 2.24) is 9.78 Å². The minimum atomic E-state index is -3.02. The highest BCUT2D eigenvalue weighted by atomic mass is 19.3. The fourth-order valence-electron chi connectivity index (χ4n) is 3.01. The van der Waals surface area contributed by atoms with Crippen LogP contribution in [-0.4, -0.2) is 43.5 Å². The molecule has 1 N–H and O–H groups in total. The lowest BCUT2D eigenvalue weighted by Crippen LogP contribution is -2.14. The van der Waals surface area contributed by atoms with Crippen LogP contribution in [0.5, 0.6) is 11.5 Å². The first-order valence-electron chi connectivity index (χ1n) is 9.76. The molecule has 1 amide bonds. The van der Waals surface area contributed by atoms with Crippen molar-refractivity contribution in [2.24, 2.45) is 0 Å². The topological polar surface area (TPSA) is 68.6 Å². The number of halogens is 2. The Bertz CT molecular complexity index is 1080. The van der Waals surface area contributed by atoms with Gasteiger partial charge in [0.2, 0.25) is 5.91 Å². The number of methoxy groups -OCH3 is 1. The van der Waals surface area contributed by atoms with Crippen molar-refractivity contribution < 1.29 is 23.0 Å². The third-order valence-electron chi connectivity index (χ3n) is 4.60. The van der Waals surface area contributed by atoms with E-state index in [0.717, 1.165) is 11.3 Å². The van der Waals surface area contributed by atoms with Gasteiger partial charge in [0.15, 0.2) is 11.5 Å². The second-order valence-electron chi connectivity index (χ2n) is 7.01. The van der Waals surface area contributed by atoms with E-state index in [-0.39, 0.29) is 17.1 Å². The van der Waals surface area contributed by atoms with Gasteiger partial charge in [0, 0.05) is 37.5 Å². The number of anilines is 2. The van der Waals surface area contributed by atoms with Crippen LogP contribution in [0.4, 0.5) is 20.3 Å². The highest BCUT2D eigenvalue weighted by Crippen LogP contribution is 2.33. The van der Waals surface area contributed by atoms with Crippen molar-refractivity contribution in [2.75, 3.05) is 31.4 Å². The first kappa shape index (κ1) is 22.8. The van der Waals surface area contributed by atoms with Crippen LogP contribution in [-0.2, 0) is 11.3 Å². The molecule has 3 aromatic rings. The maximum absolute atomic E-state index is 12.8. The molecule has 0 fully saturated rings. The number of hydrogen-bond acceptors (Lipinski definition) is 5. The maximum atomic E-state index is 12.8. The normalized spacial score (nSPS) is 11.1. The molecular weight excluding hydrogens is 418 g/mol. The van der Waals surface area contributed by atoms with E-state index in [2.05, 4.69) is 15.2 Å². The molecule has 0 saturated heterocycles. The number of amides is 1. The summed E-state index contributed by atoms with van der Waals surface area (Å²) < 4.78 is 36.8. The number of alkyl halides is 2. The Labute approximate surface area is 184 Å². The predicted octanol–water partition coefficient (Wildman–Crippen LogP) is 4.26. The van der Waals surface area contributed by atoms with Crippen molar-refractivity contribution in [1.29, 1.82) is 0 Å². The fourth-order valence-corrected chi connectivity index (χ4v) is 3.01. The molecule has 2 aromatic carbocycles. The third-order valence-corrected chi connectivity index (χ3v) is 4.60. The zero-order valence-electron chi connectivity index (χ0n) is 18.0. The van der Waals surface area contributed by atoms with Crippen molar-refractivity contribution in [2.45, 2.75) is 13.2 Å². The largest absolute Gasteiger partial charge is 0.493 e. The number of para-hydroxylation sites is 1. The molecule has 3 rings (SSSR count). The maximum Gasteiger partial charge on any atom is 0.387 e. The molecule has 168 valence electrons. The van der Waals surface area contributed by atoms with Crippen molar-refractivity contribution in [3.05, 3.63) is 71.9 Å². The summed E-state index contributed by atoms with van der Waals surface area (Å²) in [5.41, 5.74) is 2.39. The molecule has 0 aliphatic heterocycles. The Balaban J connectivity index is 1.70. The van der Waals surface area contributed by atoms with Crippen molar-refractivity contribution in [3.63, 3.8) is 0 Å². The molecule has 9 heteroatoms. The van der Waals surface area contributed by atoms with Crippen LogP contribution in [0.15, 0.2) is 60.8 Å². The van der Waals surface area contributed by atoms with E-state index >= 15 is 0 Å². The van der Waals surface area contributed by atoms with Crippen LogP contribution in [0.1, 0.15) is 11.1 Å². The first-order chi connectivity index (χ1) is 15.4. The lowest BCUT2D eigenvalue weighted by molar-refractivity contribution is -0.111. The summed E-state index contributed by atoms with van der Waals surface area (Å²) in [7, 11) is 5.29. The fraction of sp³-hybridized carbons (Fsp3) is 0.217. The lowest BCUT2D eigenvalue weighted by Gasteiger charge is -2.13. The number of benzene rings is 2. The smallest absolute Gasteiger partial charge is 0.387 e. The zero-order valence-corrected chi connectivity index (χ0v) is 18.0. The first-order valence-corrected chi connectivity index (χ1v) is 9.76. The number of rotatable bonds is 9. The van der Waals surface area contributed by atoms with Gasteiger partial charge in [0.1, 0.15) is 5.82 Å². The van der Waals surface area contributed by atoms with Gasteiger partial charge < -0.3 is 19.7 Å². The van der Waals surface area contributed by atoms with E-state index in [0.29, 0.717) is 12.4 Å². The predicted molar refractivity (Wildman–Crippen MR) is 119 cm³/mol. The van der Waals surface area contributed by atoms with E-state index in [9.17, 15) is 13.6 Å². The summed E-state index contributed by atoms with van der Waals surface area (Å²) in [6.45, 7) is -2.55. The highest BCUT2D eigenvalue weighted by Gasteiger charge is 2.14. The van der Waals surface area contributed by atoms with Crippen molar-refractivity contribution >= 4 is 23.5 Å². The zero-order chi connectivity index (χ0) is 23.1. The van der Waals surface area contributed by atoms with Gasteiger partial charge in [-0.1, -0.05) is 24.3 Å². The minimum Gasteiger partial charge on any atom is -0.493 e. The monoisotopic (exact) mass is 442 g/mol. The summed E-state index contributed by atoms with van der Waals surface area (Å²) in [5.74, 6) is 0.0676. The van der Waals surface area contributed by atoms with Crippen LogP contribution in [0, 0.1) is 0 Å². The number of aromatic nitrogens is 2. The quantitative estimate of drug-likeness (QED) is 0.502. The number of nitrogens with zero attached hydrogens (tertiary/aromatic N) is 3. The molecule has 1 heterocycles. The summed E-state index contributed by atoms with van der Waals surface area (Å²) in [4.78, 5) is 14.4. The summed E-state index contributed by atoms with van der Waals surface area (Å²) in [6.07, 6.45) is 4.21. The molecule has 0 bridgehead atoms. The van der Waals surface area contributed by atoms with Crippen molar-refractivity contribution in [3.8, 4) is 11.5 Å². The van der Waals surface area contributed by atoms with Crippen LogP contribution in [0.2, 0.25) is 0 Å². The number of carbonyl (C=O) groups is 1. The number of nitrogens with one attached hydrogen (secondary N) is 1. The average molecular weight is 442 g/mol. The van der Waals surface area contributed by atoms with Gasteiger partial charge in [-0.15, -0.1) is 0 Å². The van der Waals surface area contributed by atoms with E-state index < -0.39 is 12.5 Å². The Morgan fingerprint density at radius 3 is 2.59 bits per heavy atom. The van der Waals surface area contributed by atoms with Crippen LogP contribution >= 0.6 is 0 Å². The van der Waals surface area contributed by atoms with Crippen LogP contribution in [0.25, 0.3) is 6.08 Å². The molecule has 0 aliphatic rings. The SMILES string of the molecule is COc1cccc(/C=C/C(=O)Nc2ccnn2Cc2ccc(N(C)C)cc2)c1OC(F)F. The molecule has 0 atom stereocenters. The Kier molecular flexibility index (Phi) is 7.43. The molecule has 0 saturated carbocycles. The number of carbonyl (C=O) groups excluding carboxylic acids is 1. The molecule has 32 heavy (non-hydrogen) atoms. The minimum absolute atomic E-state index is 0.139. The summed E-state index contributed by atoms with van der Waals surface area (Å²) in [5, 5.41) is 7.00. The standard InChI is InChI=1S/C23H24F2N4O3/c1-28(2)18-10-7-16(8-11-18)15-29-20(13-14-26-29)27-21(30)12-9-17-5-4-6-19(31-3)22(17)32-23(24)25/h4-14,23H,15H2,1-3H3,(H,27,30)/b12-9+. The number of hydrogen-bond donors (Lipinski definition) is 1. The van der Waals surface area contributed by atoms with Gasteiger partial charge in [0.05, 0.1) is 19.9 Å². The molecule has 1 aromatic heterocycles. The van der Waals surface area contributed by atoms with Gasteiger partial charge in [-0.2, -0.15) is 13.9 Å². The van der Waals surface area contributed by atoms with Gasteiger partial charge in [0.25, 0.3) is 0 Å². The molecular formula is C23H24F2N4O3. The van der Waals surface area contributed by atoms with Crippen LogP contribution < -0.4 is 19.7 Å².